The Morgan fingerprint density at radius 1 is 1.19 bits per heavy atom. The molecule has 138 valence electrons. The van der Waals surface area contributed by atoms with Gasteiger partial charge in [0.1, 0.15) is 11.6 Å². The molecule has 0 bridgehead atoms. The lowest BCUT2D eigenvalue weighted by molar-refractivity contribution is -0.129. The molecule has 1 fully saturated rings. The largest absolute Gasteiger partial charge is 0.325 e. The number of nitrogens with one attached hydrogen (secondary N) is 1. The number of aromatic nitrogens is 1. The predicted molar refractivity (Wildman–Crippen MR) is 87.1 cm³/mol. The van der Waals surface area contributed by atoms with Gasteiger partial charge in [-0.1, -0.05) is 6.07 Å². The van der Waals surface area contributed by atoms with Gasteiger partial charge in [-0.15, -0.1) is 0 Å². The number of benzene rings is 1. The van der Waals surface area contributed by atoms with E-state index >= 15 is 0 Å². The summed E-state index contributed by atoms with van der Waals surface area (Å²) in [6.45, 7) is -0.135. The van der Waals surface area contributed by atoms with Crippen molar-refractivity contribution in [2.45, 2.75) is 31.7 Å². The van der Waals surface area contributed by atoms with E-state index in [1.165, 1.54) is 29.0 Å². The van der Waals surface area contributed by atoms with Gasteiger partial charge in [0.25, 0.3) is 5.56 Å². The van der Waals surface area contributed by atoms with Gasteiger partial charge < -0.3 is 9.88 Å². The Morgan fingerprint density at radius 2 is 1.92 bits per heavy atom. The van der Waals surface area contributed by atoms with E-state index in [0.717, 1.165) is 12.1 Å². The number of carbonyl (C=O) groups is 1. The van der Waals surface area contributed by atoms with Gasteiger partial charge in [-0.2, -0.15) is 0 Å². The van der Waals surface area contributed by atoms with Crippen LogP contribution in [-0.4, -0.2) is 16.4 Å². The van der Waals surface area contributed by atoms with E-state index in [0.29, 0.717) is 5.69 Å². The van der Waals surface area contributed by atoms with Crippen molar-refractivity contribution in [1.82, 2.24) is 4.57 Å². The highest BCUT2D eigenvalue weighted by molar-refractivity contribution is 5.90. The molecule has 2 aromatic rings. The Kier molecular flexibility index (Phi) is 4.84. The second-order valence-corrected chi connectivity index (χ2v) is 6.50. The van der Waals surface area contributed by atoms with E-state index in [-0.39, 0.29) is 37.3 Å². The fourth-order valence-corrected chi connectivity index (χ4v) is 2.97. The average Bonchev–Trinajstić information content (AvgIpc) is 2.51. The van der Waals surface area contributed by atoms with Gasteiger partial charge in [0, 0.05) is 43.2 Å². The first kappa shape index (κ1) is 18.2. The third-order valence-corrected chi connectivity index (χ3v) is 4.27. The molecule has 8 heteroatoms. The van der Waals surface area contributed by atoms with Crippen molar-refractivity contribution in [1.29, 1.82) is 0 Å². The van der Waals surface area contributed by atoms with E-state index in [1.54, 1.807) is 0 Å². The molecule has 0 atom stereocenters. The van der Waals surface area contributed by atoms with Crippen LogP contribution >= 0.6 is 0 Å². The minimum absolute atomic E-state index is 0.0265. The number of carbonyl (C=O) groups excluding carboxylic acids is 1. The fraction of sp³-hybridized carbons (Fsp3) is 0.333. The maximum Gasteiger partial charge on any atom is 0.250 e. The summed E-state index contributed by atoms with van der Waals surface area (Å²) in [5.74, 6) is -4.97. The highest BCUT2D eigenvalue weighted by Gasteiger charge is 2.45. The Bertz CT molecular complexity index is 887. The van der Waals surface area contributed by atoms with Crippen molar-refractivity contribution < 1.29 is 22.4 Å². The number of rotatable bonds is 5. The Balaban J connectivity index is 1.67. The van der Waals surface area contributed by atoms with E-state index in [1.807, 2.05) is 0 Å². The zero-order valence-corrected chi connectivity index (χ0v) is 13.6. The monoisotopic (exact) mass is 368 g/mol. The predicted octanol–water partition coefficient (Wildman–Crippen LogP) is 3.55. The molecule has 1 N–H and O–H groups in total. The molecule has 0 radical (unpaired) electrons. The molecule has 1 aliphatic rings. The van der Waals surface area contributed by atoms with E-state index in [2.05, 4.69) is 5.32 Å². The summed E-state index contributed by atoms with van der Waals surface area (Å²) >= 11 is 0. The van der Waals surface area contributed by atoms with E-state index in [9.17, 15) is 27.2 Å². The first-order chi connectivity index (χ1) is 12.2. The smallest absolute Gasteiger partial charge is 0.250 e. The number of hydrogen-bond acceptors (Lipinski definition) is 2. The maximum atomic E-state index is 13.7. The van der Waals surface area contributed by atoms with Crippen LogP contribution in [0.2, 0.25) is 0 Å². The van der Waals surface area contributed by atoms with Gasteiger partial charge in [0.15, 0.2) is 0 Å². The highest BCUT2D eigenvalue weighted by Crippen LogP contribution is 2.44. The van der Waals surface area contributed by atoms with Crippen molar-refractivity contribution in [3.63, 3.8) is 0 Å². The van der Waals surface area contributed by atoms with Gasteiger partial charge >= 0.3 is 0 Å². The zero-order chi connectivity index (χ0) is 18.9. The molecular formula is C18H16F4N2O2. The molecule has 26 heavy (non-hydrogen) atoms. The van der Waals surface area contributed by atoms with Crippen LogP contribution in [0.3, 0.4) is 0 Å². The summed E-state index contributed by atoms with van der Waals surface area (Å²) < 4.78 is 53.5. The lowest BCUT2D eigenvalue weighted by Crippen LogP contribution is -2.37. The summed E-state index contributed by atoms with van der Waals surface area (Å²) in [5.41, 5.74) is -0.0118. The number of hydrogen-bond donors (Lipinski definition) is 1. The molecule has 3 rings (SSSR count). The van der Waals surface area contributed by atoms with Crippen LogP contribution in [0.25, 0.3) is 0 Å². The molecular weight excluding hydrogens is 352 g/mol. The molecule has 1 amide bonds. The van der Waals surface area contributed by atoms with Crippen LogP contribution in [0, 0.1) is 17.6 Å². The Morgan fingerprint density at radius 3 is 2.58 bits per heavy atom. The van der Waals surface area contributed by atoms with Crippen molar-refractivity contribution in [2.24, 2.45) is 5.92 Å². The first-order valence-electron chi connectivity index (χ1n) is 8.04. The first-order valence-corrected chi connectivity index (χ1v) is 8.04. The van der Waals surface area contributed by atoms with Gasteiger partial charge in [-0.25, -0.2) is 17.6 Å². The Labute approximate surface area is 146 Å². The number of nitrogens with zero attached hydrogens (tertiary/aromatic N) is 1. The van der Waals surface area contributed by atoms with Crippen molar-refractivity contribution in [3.8, 4) is 0 Å². The topological polar surface area (TPSA) is 51.1 Å². The zero-order valence-electron chi connectivity index (χ0n) is 13.6. The summed E-state index contributed by atoms with van der Waals surface area (Å²) in [4.78, 5) is 23.8. The average molecular weight is 368 g/mol. The minimum Gasteiger partial charge on any atom is -0.325 e. The summed E-state index contributed by atoms with van der Waals surface area (Å²) in [5, 5.41) is 2.55. The number of amides is 1. The molecule has 0 unspecified atom stereocenters. The van der Waals surface area contributed by atoms with Gasteiger partial charge in [-0.05, 0) is 18.1 Å². The van der Waals surface area contributed by atoms with E-state index in [4.69, 9.17) is 0 Å². The lowest BCUT2D eigenvalue weighted by Gasteiger charge is -2.34. The molecule has 1 aliphatic carbocycles. The van der Waals surface area contributed by atoms with Crippen LogP contribution in [0.5, 0.6) is 0 Å². The normalized spacial score (nSPS) is 16.2. The van der Waals surface area contributed by atoms with Gasteiger partial charge in [0.05, 0.1) is 12.2 Å². The quantitative estimate of drug-likeness (QED) is 0.821. The van der Waals surface area contributed by atoms with Crippen LogP contribution in [0.15, 0.2) is 41.3 Å². The summed E-state index contributed by atoms with van der Waals surface area (Å²) in [6.07, 6.45) is 0.702. The van der Waals surface area contributed by atoms with Crippen LogP contribution in [-0.2, 0) is 11.3 Å². The fourth-order valence-electron chi connectivity index (χ4n) is 2.97. The molecule has 1 saturated carbocycles. The second-order valence-electron chi connectivity index (χ2n) is 6.50. The molecule has 0 saturated heterocycles. The minimum atomic E-state index is -2.68. The third kappa shape index (κ3) is 4.30. The number of anilines is 1. The number of halogens is 4. The lowest BCUT2D eigenvalue weighted by atomic mass is 9.79. The van der Waals surface area contributed by atoms with Crippen molar-refractivity contribution in [3.05, 3.63) is 64.1 Å². The molecule has 0 aliphatic heterocycles. The molecule has 4 nitrogen and oxygen atoms in total. The third-order valence-electron chi connectivity index (χ3n) is 4.27. The second kappa shape index (κ2) is 6.93. The SMILES string of the molecule is O=C(CC1CC(F)(F)C1)Nc1ccc(=O)n(Cc2ccc(F)cc2F)c1. The van der Waals surface area contributed by atoms with E-state index < -0.39 is 29.0 Å². The maximum absolute atomic E-state index is 13.7. The molecule has 1 aromatic carbocycles. The number of pyridine rings is 1. The molecule has 1 aromatic heterocycles. The van der Waals surface area contributed by atoms with Gasteiger partial charge in [0.2, 0.25) is 11.8 Å². The summed E-state index contributed by atoms with van der Waals surface area (Å²) in [7, 11) is 0. The van der Waals surface area contributed by atoms with Crippen LogP contribution in [0.1, 0.15) is 24.8 Å². The highest BCUT2D eigenvalue weighted by atomic mass is 19.3. The molecule has 1 heterocycles. The van der Waals surface area contributed by atoms with Crippen LogP contribution < -0.4 is 10.9 Å². The van der Waals surface area contributed by atoms with Gasteiger partial charge in [-0.3, -0.25) is 9.59 Å². The van der Waals surface area contributed by atoms with Crippen LogP contribution in [0.4, 0.5) is 23.2 Å². The van der Waals surface area contributed by atoms with Crippen molar-refractivity contribution >= 4 is 11.6 Å². The summed E-state index contributed by atoms with van der Waals surface area (Å²) in [6, 6.07) is 5.63. The number of alkyl halides is 2. The standard InChI is InChI=1S/C18H16F4N2O2/c19-13-2-1-12(15(20)6-13)9-24-10-14(3-4-17(24)26)23-16(25)5-11-7-18(21,22)8-11/h1-4,6,10-11H,5,7-9H2,(H,23,25). The van der Waals surface area contributed by atoms with Crippen molar-refractivity contribution in [2.75, 3.05) is 5.32 Å². The molecule has 0 spiro atoms. The Hall–Kier alpha value is -2.64.